The van der Waals surface area contributed by atoms with Crippen molar-refractivity contribution in [1.82, 2.24) is 4.90 Å². The summed E-state index contributed by atoms with van der Waals surface area (Å²) in [4.78, 5) is 2.15. The first-order chi connectivity index (χ1) is 7.27. The van der Waals surface area contributed by atoms with Crippen molar-refractivity contribution in [2.45, 2.75) is 38.0 Å². The molecule has 0 bridgehead atoms. The van der Waals surface area contributed by atoms with E-state index in [1.165, 1.54) is 0 Å². The maximum Gasteiger partial charge on any atom is 0.129 e. The fourth-order valence-corrected chi connectivity index (χ4v) is 1.94. The first kappa shape index (κ1) is 15.2. The van der Waals surface area contributed by atoms with Gasteiger partial charge in [-0.05, 0) is 26.9 Å². The Morgan fingerprint density at radius 3 is 2.12 bits per heavy atom. The van der Waals surface area contributed by atoms with Gasteiger partial charge in [-0.15, -0.1) is 18.7 Å². The van der Waals surface area contributed by atoms with Crippen LogP contribution in [0.25, 0.3) is 0 Å². The van der Waals surface area contributed by atoms with Crippen LogP contribution in [0.5, 0.6) is 0 Å². The van der Waals surface area contributed by atoms with Gasteiger partial charge in [-0.3, -0.25) is 4.90 Å². The van der Waals surface area contributed by atoms with Gasteiger partial charge in [0.1, 0.15) is 8.07 Å². The fraction of sp³-hybridized carbons (Fsp3) is 0.571. The Morgan fingerprint density at radius 1 is 1.25 bits per heavy atom. The molecule has 90 valence electrons. The Balaban J connectivity index is 5.10. The van der Waals surface area contributed by atoms with Gasteiger partial charge in [0.15, 0.2) is 0 Å². The van der Waals surface area contributed by atoms with Crippen LogP contribution in [0.2, 0.25) is 19.6 Å². The Bertz CT molecular complexity index is 301. The zero-order chi connectivity index (χ0) is 12.8. The van der Waals surface area contributed by atoms with E-state index < -0.39 is 8.07 Å². The lowest BCUT2D eigenvalue weighted by molar-refractivity contribution is 0.260. The predicted octanol–water partition coefficient (Wildman–Crippen LogP) is 3.32. The molecule has 0 aromatic rings. The van der Waals surface area contributed by atoms with Gasteiger partial charge in [0.2, 0.25) is 0 Å². The molecule has 0 aromatic carbocycles. The van der Waals surface area contributed by atoms with Crippen LogP contribution in [0.3, 0.4) is 0 Å². The average molecular weight is 235 g/mol. The lowest BCUT2D eigenvalue weighted by Gasteiger charge is -2.32. The molecule has 0 aliphatic heterocycles. The van der Waals surface area contributed by atoms with E-state index in [-0.39, 0.29) is 5.54 Å². The van der Waals surface area contributed by atoms with Gasteiger partial charge in [-0.2, -0.15) is 0 Å². The Morgan fingerprint density at radius 2 is 1.81 bits per heavy atom. The Labute approximate surface area is 102 Å². The quantitative estimate of drug-likeness (QED) is 0.401. The summed E-state index contributed by atoms with van der Waals surface area (Å²) < 4.78 is 0. The molecule has 0 amide bonds. The van der Waals surface area contributed by atoms with Crippen molar-refractivity contribution in [2.24, 2.45) is 0 Å². The molecule has 0 saturated carbocycles. The summed E-state index contributed by atoms with van der Waals surface area (Å²) in [7, 11) is 2.79. The zero-order valence-electron chi connectivity index (χ0n) is 11.4. The monoisotopic (exact) mass is 235 g/mol. The van der Waals surface area contributed by atoms with Crippen molar-refractivity contribution >= 4 is 8.07 Å². The highest BCUT2D eigenvalue weighted by molar-refractivity contribution is 6.83. The normalized spacial score (nSPS) is 14.9. The highest BCUT2D eigenvalue weighted by Gasteiger charge is 2.26. The molecular weight excluding hydrogens is 210 g/mol. The molecular formula is C14H25NSi. The first-order valence-corrected chi connectivity index (χ1v) is 9.24. The van der Waals surface area contributed by atoms with Crippen LogP contribution in [0, 0.1) is 11.5 Å². The molecule has 1 nitrogen and oxygen atoms in total. The molecule has 0 spiro atoms. The van der Waals surface area contributed by atoms with Gasteiger partial charge < -0.3 is 0 Å². The number of rotatable bonds is 5. The van der Waals surface area contributed by atoms with Gasteiger partial charge in [0.05, 0.1) is 5.54 Å². The molecule has 0 rings (SSSR count). The van der Waals surface area contributed by atoms with Gasteiger partial charge in [-0.25, -0.2) is 0 Å². The maximum absolute atomic E-state index is 3.94. The number of likely N-dealkylation sites (N-methyl/N-ethyl adjacent to an activating group) is 1. The SMILES string of the molecule is C=CCCC(C#C[Si](C)(C)C)(C=C)N(C)C. The van der Waals surface area contributed by atoms with Crippen LogP contribution in [0.15, 0.2) is 25.3 Å². The van der Waals surface area contributed by atoms with E-state index in [1.54, 1.807) is 0 Å². The third-order valence-electron chi connectivity index (χ3n) is 2.52. The summed E-state index contributed by atoms with van der Waals surface area (Å²) in [6.45, 7) is 14.5. The van der Waals surface area contributed by atoms with Gasteiger partial charge in [0, 0.05) is 0 Å². The molecule has 1 unspecified atom stereocenters. The van der Waals surface area contributed by atoms with Crippen molar-refractivity contribution in [1.29, 1.82) is 0 Å². The smallest absolute Gasteiger partial charge is 0.129 e. The highest BCUT2D eigenvalue weighted by Crippen LogP contribution is 2.20. The van der Waals surface area contributed by atoms with Gasteiger partial charge >= 0.3 is 0 Å². The van der Waals surface area contributed by atoms with Crippen LogP contribution in [-0.4, -0.2) is 32.6 Å². The third kappa shape index (κ3) is 4.83. The van der Waals surface area contributed by atoms with Crippen LogP contribution in [0.1, 0.15) is 12.8 Å². The molecule has 0 saturated heterocycles. The van der Waals surface area contributed by atoms with E-state index >= 15 is 0 Å². The van der Waals surface area contributed by atoms with E-state index in [2.05, 4.69) is 63.3 Å². The van der Waals surface area contributed by atoms with Gasteiger partial charge in [-0.1, -0.05) is 37.7 Å². The van der Waals surface area contributed by atoms with Crippen LogP contribution in [-0.2, 0) is 0 Å². The van der Waals surface area contributed by atoms with Gasteiger partial charge in [0.25, 0.3) is 0 Å². The molecule has 0 radical (unpaired) electrons. The minimum atomic E-state index is -1.33. The lowest BCUT2D eigenvalue weighted by Crippen LogP contribution is -2.41. The molecule has 0 aromatic heterocycles. The summed E-state index contributed by atoms with van der Waals surface area (Å²) in [6.07, 6.45) is 5.83. The molecule has 0 heterocycles. The Kier molecular flexibility index (Phi) is 5.78. The molecule has 0 aliphatic carbocycles. The Hall–Kier alpha value is -0.783. The fourth-order valence-electron chi connectivity index (χ4n) is 1.35. The zero-order valence-corrected chi connectivity index (χ0v) is 12.4. The average Bonchev–Trinajstić information content (AvgIpc) is 2.17. The standard InChI is InChI=1S/C14H25NSi/c1-8-10-11-14(9-2,15(3)4)12-13-16(5,6)7/h8-9H,1-2,10-11H2,3-7H3. The second-order valence-electron chi connectivity index (χ2n) is 5.35. The van der Waals surface area contributed by atoms with E-state index in [9.17, 15) is 0 Å². The van der Waals surface area contributed by atoms with Crippen molar-refractivity contribution in [3.8, 4) is 11.5 Å². The molecule has 16 heavy (non-hydrogen) atoms. The summed E-state index contributed by atoms with van der Waals surface area (Å²) in [5.41, 5.74) is 3.25. The number of allylic oxidation sites excluding steroid dienone is 1. The summed E-state index contributed by atoms with van der Waals surface area (Å²) in [5.74, 6) is 3.43. The molecule has 0 fully saturated rings. The number of nitrogens with zero attached hydrogens (tertiary/aromatic N) is 1. The molecule has 1 atom stereocenters. The molecule has 0 N–H and O–H groups in total. The predicted molar refractivity (Wildman–Crippen MR) is 77.2 cm³/mol. The van der Waals surface area contributed by atoms with E-state index in [4.69, 9.17) is 0 Å². The summed E-state index contributed by atoms with van der Waals surface area (Å²) >= 11 is 0. The van der Waals surface area contributed by atoms with Crippen LogP contribution in [0.4, 0.5) is 0 Å². The third-order valence-corrected chi connectivity index (χ3v) is 3.39. The minimum absolute atomic E-state index is 0.200. The summed E-state index contributed by atoms with van der Waals surface area (Å²) in [5, 5.41) is 0. The minimum Gasteiger partial charge on any atom is -0.290 e. The topological polar surface area (TPSA) is 3.24 Å². The number of hydrogen-bond donors (Lipinski definition) is 0. The van der Waals surface area contributed by atoms with E-state index in [0.717, 1.165) is 12.8 Å². The van der Waals surface area contributed by atoms with Crippen molar-refractivity contribution in [3.05, 3.63) is 25.3 Å². The largest absolute Gasteiger partial charge is 0.290 e. The summed E-state index contributed by atoms with van der Waals surface area (Å²) in [6, 6.07) is 0. The first-order valence-electron chi connectivity index (χ1n) is 5.74. The molecule has 2 heteroatoms. The van der Waals surface area contributed by atoms with E-state index in [1.807, 2.05) is 12.2 Å². The molecule has 0 aliphatic rings. The van der Waals surface area contributed by atoms with Crippen molar-refractivity contribution < 1.29 is 0 Å². The number of hydrogen-bond acceptors (Lipinski definition) is 1. The van der Waals surface area contributed by atoms with Crippen molar-refractivity contribution in [2.75, 3.05) is 14.1 Å². The van der Waals surface area contributed by atoms with Crippen LogP contribution < -0.4 is 0 Å². The van der Waals surface area contributed by atoms with Crippen LogP contribution >= 0.6 is 0 Å². The van der Waals surface area contributed by atoms with E-state index in [0.29, 0.717) is 0 Å². The lowest BCUT2D eigenvalue weighted by atomic mass is 9.93. The highest BCUT2D eigenvalue weighted by atomic mass is 28.3. The second kappa shape index (κ2) is 6.08. The maximum atomic E-state index is 3.94. The van der Waals surface area contributed by atoms with Crippen molar-refractivity contribution in [3.63, 3.8) is 0 Å². The second-order valence-corrected chi connectivity index (χ2v) is 10.1.